The summed E-state index contributed by atoms with van der Waals surface area (Å²) in [6.45, 7) is 0. The van der Waals surface area contributed by atoms with Crippen LogP contribution in [0.4, 0.5) is 5.69 Å². The van der Waals surface area contributed by atoms with E-state index in [0.29, 0.717) is 11.6 Å². The van der Waals surface area contributed by atoms with Gasteiger partial charge in [-0.2, -0.15) is 5.10 Å². The summed E-state index contributed by atoms with van der Waals surface area (Å²) in [5, 5.41) is 5.68. The fourth-order valence-electron chi connectivity index (χ4n) is 2.48. The molecule has 0 amide bonds. The summed E-state index contributed by atoms with van der Waals surface area (Å²) in [6, 6.07) is 8.08. The van der Waals surface area contributed by atoms with E-state index in [4.69, 9.17) is 5.73 Å². The largest absolute Gasteiger partial charge is 0.396 e. The Morgan fingerprint density at radius 1 is 1.25 bits per heavy atom. The van der Waals surface area contributed by atoms with Crippen LogP contribution in [0.1, 0.15) is 24.5 Å². The number of hydrogen-bond donors (Lipinski definition) is 1. The Bertz CT molecular complexity index is 799. The third kappa shape index (κ3) is 1.89. The number of fused-ring (bicyclic) bond motifs is 1. The lowest BCUT2D eigenvalue weighted by Gasteiger charge is -2.10. The number of halogens is 1. The molecule has 1 fully saturated rings. The quantitative estimate of drug-likeness (QED) is 0.781. The molecule has 3 aromatic rings. The van der Waals surface area contributed by atoms with Gasteiger partial charge in [-0.25, -0.2) is 4.68 Å². The molecule has 0 atom stereocenters. The molecule has 2 N–H and O–H groups in total. The van der Waals surface area contributed by atoms with Crippen LogP contribution in [0.15, 0.2) is 41.1 Å². The Labute approximate surface area is 124 Å². The van der Waals surface area contributed by atoms with Crippen LogP contribution in [0.5, 0.6) is 0 Å². The standard InChI is InChI=1S/C15H13BrN4/c16-10-3-4-14-11(7-10)15(12(17)8-18-14)20-6-5-13(19-20)9-1-2-9/h3-9H,1-2,17H2. The van der Waals surface area contributed by atoms with Gasteiger partial charge in [0.25, 0.3) is 0 Å². The zero-order valence-electron chi connectivity index (χ0n) is 10.8. The van der Waals surface area contributed by atoms with Crippen LogP contribution in [0.25, 0.3) is 16.6 Å². The number of benzene rings is 1. The van der Waals surface area contributed by atoms with E-state index in [2.05, 4.69) is 32.1 Å². The Kier molecular flexibility index (Phi) is 2.57. The molecular formula is C15H13BrN4. The molecule has 5 heteroatoms. The fraction of sp³-hybridized carbons (Fsp3) is 0.200. The van der Waals surface area contributed by atoms with Gasteiger partial charge in [0.15, 0.2) is 0 Å². The molecule has 0 spiro atoms. The number of rotatable bonds is 2. The molecule has 2 heterocycles. The summed E-state index contributed by atoms with van der Waals surface area (Å²) in [4.78, 5) is 4.38. The molecule has 1 aliphatic carbocycles. The van der Waals surface area contributed by atoms with Gasteiger partial charge in [0.05, 0.1) is 28.8 Å². The van der Waals surface area contributed by atoms with Crippen molar-refractivity contribution in [1.82, 2.24) is 14.8 Å². The lowest BCUT2D eigenvalue weighted by Crippen LogP contribution is -2.03. The maximum atomic E-state index is 6.13. The van der Waals surface area contributed by atoms with Gasteiger partial charge in [-0.1, -0.05) is 15.9 Å². The first-order valence-corrected chi connectivity index (χ1v) is 7.41. The molecule has 1 aliphatic rings. The molecule has 4 nitrogen and oxygen atoms in total. The Hall–Kier alpha value is -1.88. The molecule has 1 saturated carbocycles. The van der Waals surface area contributed by atoms with Gasteiger partial charge in [-0.15, -0.1) is 0 Å². The van der Waals surface area contributed by atoms with E-state index in [9.17, 15) is 0 Å². The summed E-state index contributed by atoms with van der Waals surface area (Å²) in [5.41, 5.74) is 9.75. The molecule has 4 rings (SSSR count). The van der Waals surface area contributed by atoms with Crippen LogP contribution in [0.3, 0.4) is 0 Å². The predicted octanol–water partition coefficient (Wildman–Crippen LogP) is 3.64. The van der Waals surface area contributed by atoms with Crippen molar-refractivity contribution < 1.29 is 0 Å². The van der Waals surface area contributed by atoms with Crippen molar-refractivity contribution >= 4 is 32.5 Å². The van der Waals surface area contributed by atoms with E-state index >= 15 is 0 Å². The highest BCUT2D eigenvalue weighted by Gasteiger charge is 2.26. The molecule has 0 radical (unpaired) electrons. The van der Waals surface area contributed by atoms with Crippen molar-refractivity contribution in [2.45, 2.75) is 18.8 Å². The van der Waals surface area contributed by atoms with Crippen molar-refractivity contribution in [2.24, 2.45) is 0 Å². The minimum Gasteiger partial charge on any atom is -0.396 e. The summed E-state index contributed by atoms with van der Waals surface area (Å²) >= 11 is 3.50. The monoisotopic (exact) mass is 328 g/mol. The van der Waals surface area contributed by atoms with Crippen LogP contribution >= 0.6 is 15.9 Å². The fourth-order valence-corrected chi connectivity index (χ4v) is 2.84. The summed E-state index contributed by atoms with van der Waals surface area (Å²) in [5.74, 6) is 0.636. The molecule has 1 aromatic carbocycles. The Morgan fingerprint density at radius 3 is 2.90 bits per heavy atom. The summed E-state index contributed by atoms with van der Waals surface area (Å²) in [6.07, 6.45) is 6.17. The van der Waals surface area contributed by atoms with E-state index in [1.807, 2.05) is 29.1 Å². The highest BCUT2D eigenvalue weighted by molar-refractivity contribution is 9.10. The smallest absolute Gasteiger partial charge is 0.0985 e. The first-order valence-electron chi connectivity index (χ1n) is 6.62. The van der Waals surface area contributed by atoms with Crippen LogP contribution in [0, 0.1) is 0 Å². The second-order valence-electron chi connectivity index (χ2n) is 5.18. The van der Waals surface area contributed by atoms with Crippen molar-refractivity contribution in [1.29, 1.82) is 0 Å². The van der Waals surface area contributed by atoms with Gasteiger partial charge >= 0.3 is 0 Å². The van der Waals surface area contributed by atoms with E-state index < -0.39 is 0 Å². The zero-order chi connectivity index (χ0) is 13.7. The average Bonchev–Trinajstić information content (AvgIpc) is 3.18. The first kappa shape index (κ1) is 11.9. The minimum atomic E-state index is 0.636. The number of nitrogens with two attached hydrogens (primary N) is 1. The van der Waals surface area contributed by atoms with Crippen LogP contribution in [-0.4, -0.2) is 14.8 Å². The molecule has 0 unspecified atom stereocenters. The van der Waals surface area contributed by atoms with E-state index in [-0.39, 0.29) is 0 Å². The van der Waals surface area contributed by atoms with E-state index in [1.165, 1.54) is 12.8 Å². The number of pyridine rings is 1. The lowest BCUT2D eigenvalue weighted by molar-refractivity contribution is 0.843. The van der Waals surface area contributed by atoms with Crippen molar-refractivity contribution in [3.8, 4) is 5.69 Å². The van der Waals surface area contributed by atoms with Gasteiger partial charge in [0.2, 0.25) is 0 Å². The second-order valence-corrected chi connectivity index (χ2v) is 6.10. The van der Waals surface area contributed by atoms with Crippen LogP contribution in [0.2, 0.25) is 0 Å². The topological polar surface area (TPSA) is 56.7 Å². The third-order valence-electron chi connectivity index (χ3n) is 3.66. The van der Waals surface area contributed by atoms with Gasteiger partial charge in [0.1, 0.15) is 0 Å². The van der Waals surface area contributed by atoms with Gasteiger partial charge < -0.3 is 5.73 Å². The first-order chi connectivity index (χ1) is 9.72. The van der Waals surface area contributed by atoms with Crippen molar-refractivity contribution in [3.63, 3.8) is 0 Å². The second kappa shape index (κ2) is 4.31. The predicted molar refractivity (Wildman–Crippen MR) is 83.0 cm³/mol. The number of aromatic nitrogens is 3. The Balaban J connectivity index is 1.96. The van der Waals surface area contributed by atoms with E-state index in [0.717, 1.165) is 26.8 Å². The van der Waals surface area contributed by atoms with E-state index in [1.54, 1.807) is 6.20 Å². The van der Waals surface area contributed by atoms with Gasteiger partial charge in [0, 0.05) is 22.0 Å². The third-order valence-corrected chi connectivity index (χ3v) is 4.16. The normalized spacial score (nSPS) is 14.8. The molecule has 0 saturated heterocycles. The highest BCUT2D eigenvalue weighted by Crippen LogP contribution is 2.39. The average molecular weight is 329 g/mol. The van der Waals surface area contributed by atoms with Gasteiger partial charge in [-0.3, -0.25) is 4.98 Å². The number of nitrogens with zero attached hydrogens (tertiary/aromatic N) is 3. The Morgan fingerprint density at radius 2 is 2.10 bits per heavy atom. The molecular weight excluding hydrogens is 316 g/mol. The summed E-state index contributed by atoms with van der Waals surface area (Å²) < 4.78 is 2.88. The number of nitrogen functional groups attached to an aromatic ring is 1. The van der Waals surface area contributed by atoms with Gasteiger partial charge in [-0.05, 0) is 37.1 Å². The van der Waals surface area contributed by atoms with Crippen LogP contribution < -0.4 is 5.73 Å². The highest BCUT2D eigenvalue weighted by atomic mass is 79.9. The number of anilines is 1. The lowest BCUT2D eigenvalue weighted by atomic mass is 10.1. The number of hydrogen-bond acceptors (Lipinski definition) is 3. The summed E-state index contributed by atoms with van der Waals surface area (Å²) in [7, 11) is 0. The minimum absolute atomic E-state index is 0.636. The maximum Gasteiger partial charge on any atom is 0.0985 e. The maximum absolute atomic E-state index is 6.13. The SMILES string of the molecule is Nc1cnc2ccc(Br)cc2c1-n1ccc(C2CC2)n1. The molecule has 0 bridgehead atoms. The van der Waals surface area contributed by atoms with Crippen LogP contribution in [-0.2, 0) is 0 Å². The molecule has 2 aromatic heterocycles. The van der Waals surface area contributed by atoms with Crippen molar-refractivity contribution in [2.75, 3.05) is 5.73 Å². The van der Waals surface area contributed by atoms with Crippen molar-refractivity contribution in [3.05, 3.63) is 46.8 Å². The molecule has 20 heavy (non-hydrogen) atoms. The molecule has 100 valence electrons. The molecule has 0 aliphatic heterocycles. The zero-order valence-corrected chi connectivity index (χ0v) is 12.3.